The molecule has 0 bridgehead atoms. The molecule has 2 aliphatic heterocycles. The number of esters is 1. The van der Waals surface area contributed by atoms with E-state index in [9.17, 15) is 19.8 Å². The Kier molecular flexibility index (Phi) is 4.31. The van der Waals surface area contributed by atoms with Crippen LogP contribution >= 0.6 is 0 Å². The van der Waals surface area contributed by atoms with E-state index in [1.807, 2.05) is 6.07 Å². The highest BCUT2D eigenvalue weighted by Gasteiger charge is 2.43. The van der Waals surface area contributed by atoms with Gasteiger partial charge in [0.05, 0.1) is 49.1 Å². The van der Waals surface area contributed by atoms with E-state index >= 15 is 0 Å². The lowest BCUT2D eigenvalue weighted by Crippen LogP contribution is -2.35. The molecule has 158 valence electrons. The number of Topliss-reactive ketones (excluding diaryl/α,β-unsaturated/α-hetero) is 1. The minimum atomic E-state index is -0.550. The number of carbonyl (C=O) groups excluding carboxylic acids is 2. The van der Waals surface area contributed by atoms with Crippen LogP contribution < -0.4 is 0 Å². The predicted molar refractivity (Wildman–Crippen MR) is 109 cm³/mol. The molecule has 0 saturated heterocycles. The van der Waals surface area contributed by atoms with E-state index in [1.165, 1.54) is 7.11 Å². The van der Waals surface area contributed by atoms with Gasteiger partial charge < -0.3 is 24.3 Å². The fourth-order valence-corrected chi connectivity index (χ4v) is 5.54. The number of ether oxygens (including phenoxy) is 2. The van der Waals surface area contributed by atoms with Crippen molar-refractivity contribution in [3.63, 3.8) is 0 Å². The average Bonchev–Trinajstić information content (AvgIpc) is 3.25. The largest absolute Gasteiger partial charge is 0.507 e. The predicted octanol–water partition coefficient (Wildman–Crippen LogP) is 2.91. The summed E-state index contributed by atoms with van der Waals surface area (Å²) >= 11 is 0. The second kappa shape index (κ2) is 6.68. The van der Waals surface area contributed by atoms with Gasteiger partial charge in [-0.1, -0.05) is 0 Å². The molecule has 3 aliphatic rings. The van der Waals surface area contributed by atoms with E-state index < -0.39 is 18.3 Å². The number of hydrogen-bond acceptors (Lipinski definition) is 6. The van der Waals surface area contributed by atoms with E-state index in [4.69, 9.17) is 9.47 Å². The van der Waals surface area contributed by atoms with Gasteiger partial charge in [0, 0.05) is 28.5 Å². The van der Waals surface area contributed by atoms with Crippen molar-refractivity contribution in [3.8, 4) is 5.75 Å². The molecule has 0 radical (unpaired) electrons. The van der Waals surface area contributed by atoms with Gasteiger partial charge in [-0.2, -0.15) is 0 Å². The fourth-order valence-electron chi connectivity index (χ4n) is 5.54. The molecule has 0 fully saturated rings. The Morgan fingerprint density at radius 3 is 2.87 bits per heavy atom. The summed E-state index contributed by atoms with van der Waals surface area (Å²) in [6.45, 7) is 3.59. The van der Waals surface area contributed by atoms with E-state index in [-0.39, 0.29) is 30.0 Å². The Hall–Kier alpha value is -2.64. The standard InChI is InChI=1S/C23H25NO6/c1-10(25)15-5-6-16-13-4-7-17(26)21-20(13)22(24(15)16)14-8-12(9-18(27)29-3)30-11(2)19(14)23(21)28/h4,7,10-12,15,25-26H,5-6,8-9H2,1-3H3/t10-,11+,12-,15+/m1/s1. The number of nitrogens with zero attached hydrogens (tertiary/aromatic N) is 1. The molecule has 0 unspecified atom stereocenters. The number of phenolic OH excluding ortho intramolecular Hbond substituents is 1. The van der Waals surface area contributed by atoms with Gasteiger partial charge in [-0.25, -0.2) is 0 Å². The van der Waals surface area contributed by atoms with Gasteiger partial charge in [0.25, 0.3) is 0 Å². The van der Waals surface area contributed by atoms with Crippen LogP contribution in [0.2, 0.25) is 0 Å². The molecule has 3 heterocycles. The van der Waals surface area contributed by atoms with Crippen LogP contribution in [0.4, 0.5) is 0 Å². The van der Waals surface area contributed by atoms with Crippen molar-refractivity contribution < 1.29 is 29.3 Å². The molecule has 1 aliphatic carbocycles. The lowest BCUT2D eigenvalue weighted by Gasteiger charge is -2.35. The molecule has 0 spiro atoms. The lowest BCUT2D eigenvalue weighted by molar-refractivity contribution is -0.144. The van der Waals surface area contributed by atoms with E-state index in [2.05, 4.69) is 4.57 Å². The average molecular weight is 411 g/mol. The first-order chi connectivity index (χ1) is 14.3. The molecule has 2 N–H and O–H groups in total. The molecule has 1 aromatic heterocycles. The molecule has 0 amide bonds. The Morgan fingerprint density at radius 1 is 1.40 bits per heavy atom. The molecule has 0 saturated carbocycles. The maximum atomic E-state index is 13.4. The molecule has 7 nitrogen and oxygen atoms in total. The number of ketones is 1. The number of aryl methyl sites for hydroxylation is 1. The van der Waals surface area contributed by atoms with Crippen LogP contribution in [0.25, 0.3) is 16.3 Å². The highest BCUT2D eigenvalue weighted by molar-refractivity contribution is 6.27. The number of methoxy groups -OCH3 is 1. The van der Waals surface area contributed by atoms with Crippen molar-refractivity contribution >= 4 is 28.1 Å². The van der Waals surface area contributed by atoms with Crippen molar-refractivity contribution in [2.75, 3.05) is 7.11 Å². The summed E-state index contributed by atoms with van der Waals surface area (Å²) in [5.74, 6) is -0.617. The van der Waals surface area contributed by atoms with Crippen molar-refractivity contribution in [2.45, 2.75) is 63.9 Å². The fraction of sp³-hybridized carbons (Fsp3) is 0.478. The third kappa shape index (κ3) is 2.51. The van der Waals surface area contributed by atoms with Crippen LogP contribution in [-0.2, 0) is 20.7 Å². The van der Waals surface area contributed by atoms with Crippen molar-refractivity contribution in [2.24, 2.45) is 0 Å². The zero-order chi connectivity index (χ0) is 21.3. The summed E-state index contributed by atoms with van der Waals surface area (Å²) in [5, 5.41) is 22.7. The summed E-state index contributed by atoms with van der Waals surface area (Å²) in [7, 11) is 1.35. The maximum Gasteiger partial charge on any atom is 0.308 e. The van der Waals surface area contributed by atoms with Gasteiger partial charge in [-0.15, -0.1) is 0 Å². The quantitative estimate of drug-likeness (QED) is 0.754. The van der Waals surface area contributed by atoms with Crippen LogP contribution in [0.5, 0.6) is 5.75 Å². The van der Waals surface area contributed by atoms with Gasteiger partial charge in [-0.3, -0.25) is 9.59 Å². The van der Waals surface area contributed by atoms with E-state index in [1.54, 1.807) is 19.9 Å². The number of carbonyl (C=O) groups is 2. The Labute approximate surface area is 173 Å². The first-order valence-corrected chi connectivity index (χ1v) is 10.4. The van der Waals surface area contributed by atoms with E-state index in [0.29, 0.717) is 17.6 Å². The number of aromatic nitrogens is 1. The molecule has 7 heteroatoms. The van der Waals surface area contributed by atoms with Crippen LogP contribution in [-0.4, -0.2) is 52.0 Å². The lowest BCUT2D eigenvalue weighted by atomic mass is 9.80. The number of aromatic hydroxyl groups is 1. The summed E-state index contributed by atoms with van der Waals surface area (Å²) in [6.07, 6.45) is 0.661. The summed E-state index contributed by atoms with van der Waals surface area (Å²) in [5.41, 5.74) is 3.67. The minimum absolute atomic E-state index is 0.0398. The summed E-state index contributed by atoms with van der Waals surface area (Å²) in [6, 6.07) is 3.34. The second-order valence-corrected chi connectivity index (χ2v) is 8.50. The number of aliphatic hydroxyl groups excluding tert-OH is 1. The third-order valence-corrected chi connectivity index (χ3v) is 6.77. The molecular formula is C23H25NO6. The van der Waals surface area contributed by atoms with Gasteiger partial charge >= 0.3 is 5.97 Å². The molecule has 4 atom stereocenters. The van der Waals surface area contributed by atoms with Crippen LogP contribution in [0.1, 0.15) is 60.9 Å². The van der Waals surface area contributed by atoms with Gasteiger partial charge in [0.15, 0.2) is 5.78 Å². The molecule has 1 aromatic carbocycles. The normalized spacial score (nSPS) is 26.0. The molecule has 5 rings (SSSR count). The highest BCUT2D eigenvalue weighted by atomic mass is 16.5. The summed E-state index contributed by atoms with van der Waals surface area (Å²) < 4.78 is 13.0. The van der Waals surface area contributed by atoms with Gasteiger partial charge in [0.1, 0.15) is 5.75 Å². The van der Waals surface area contributed by atoms with E-state index in [0.717, 1.165) is 40.6 Å². The zero-order valence-electron chi connectivity index (χ0n) is 17.3. The van der Waals surface area contributed by atoms with Crippen molar-refractivity contribution in [1.29, 1.82) is 0 Å². The highest BCUT2D eigenvalue weighted by Crippen LogP contribution is 2.51. The van der Waals surface area contributed by atoms with Crippen molar-refractivity contribution in [1.82, 2.24) is 4.57 Å². The molecular weight excluding hydrogens is 386 g/mol. The topological polar surface area (TPSA) is 98.0 Å². The van der Waals surface area contributed by atoms with Crippen molar-refractivity contribution in [3.05, 3.63) is 34.7 Å². The Balaban J connectivity index is 1.77. The van der Waals surface area contributed by atoms with Crippen LogP contribution in [0.3, 0.4) is 0 Å². The Morgan fingerprint density at radius 2 is 2.17 bits per heavy atom. The maximum absolute atomic E-state index is 13.4. The zero-order valence-corrected chi connectivity index (χ0v) is 17.3. The smallest absolute Gasteiger partial charge is 0.308 e. The first-order valence-electron chi connectivity index (χ1n) is 10.4. The van der Waals surface area contributed by atoms with Gasteiger partial charge in [0.2, 0.25) is 0 Å². The number of hydrogen-bond donors (Lipinski definition) is 2. The van der Waals surface area contributed by atoms with Crippen LogP contribution in [0.15, 0.2) is 17.7 Å². The second-order valence-electron chi connectivity index (χ2n) is 8.50. The molecule has 2 aromatic rings. The molecule has 30 heavy (non-hydrogen) atoms. The number of benzene rings is 1. The minimum Gasteiger partial charge on any atom is -0.507 e. The number of aliphatic hydroxyl groups is 1. The van der Waals surface area contributed by atoms with Crippen LogP contribution in [0, 0.1) is 0 Å². The third-order valence-electron chi connectivity index (χ3n) is 6.77. The van der Waals surface area contributed by atoms with Gasteiger partial charge in [-0.05, 0) is 44.4 Å². The number of fused-ring (bicyclic) bond motifs is 4. The summed E-state index contributed by atoms with van der Waals surface area (Å²) in [4.78, 5) is 25.3. The SMILES string of the molecule is COC(=O)C[C@H]1CC2=C(C(=O)c3c(O)ccc4c5n(c2c34)[C@H]([C@@H](C)O)CC5)[C@H](C)O1. The monoisotopic (exact) mass is 411 g/mol. The number of phenols is 1. The Bertz CT molecular complexity index is 1120. The first kappa shape index (κ1) is 19.3. The number of rotatable bonds is 3.